The van der Waals surface area contributed by atoms with Crippen LogP contribution in [0.3, 0.4) is 0 Å². The van der Waals surface area contributed by atoms with Gasteiger partial charge in [-0.2, -0.15) is 0 Å². The second-order valence-electron chi connectivity index (χ2n) is 9.25. The van der Waals surface area contributed by atoms with Gasteiger partial charge in [-0.3, -0.25) is 14.2 Å². The molecule has 3 atom stereocenters. The van der Waals surface area contributed by atoms with E-state index in [9.17, 15) is 9.59 Å². The summed E-state index contributed by atoms with van der Waals surface area (Å²) in [6.45, 7) is 3.86. The van der Waals surface area contributed by atoms with E-state index < -0.39 is 17.7 Å². The van der Waals surface area contributed by atoms with E-state index in [0.29, 0.717) is 21.7 Å². The summed E-state index contributed by atoms with van der Waals surface area (Å²) in [6, 6.07) is 24.8. The van der Waals surface area contributed by atoms with E-state index in [0.717, 1.165) is 22.4 Å². The topological polar surface area (TPSA) is 69.9 Å². The zero-order valence-electron chi connectivity index (χ0n) is 19.9. The number of thiazole rings is 1. The van der Waals surface area contributed by atoms with Gasteiger partial charge >= 0.3 is 0 Å². The van der Waals surface area contributed by atoms with Gasteiger partial charge in [-0.05, 0) is 49.2 Å². The average Bonchev–Trinajstić information content (AvgIpc) is 3.16. The van der Waals surface area contributed by atoms with Crippen molar-refractivity contribution < 1.29 is 14.3 Å². The summed E-state index contributed by atoms with van der Waals surface area (Å²) in [7, 11) is 0. The molecule has 2 aliphatic heterocycles. The third-order valence-electron chi connectivity index (χ3n) is 6.74. The molecule has 0 fully saturated rings. The zero-order chi connectivity index (χ0) is 24.9. The molecule has 6 rings (SSSR count). The normalized spacial score (nSPS) is 22.1. The summed E-state index contributed by atoms with van der Waals surface area (Å²) in [5.41, 5.74) is 1.60. The molecule has 0 unspecified atom stereocenters. The molecule has 2 aliphatic rings. The fourth-order valence-corrected chi connectivity index (χ4v) is 6.21. The predicted molar refractivity (Wildman–Crippen MR) is 138 cm³/mol. The van der Waals surface area contributed by atoms with E-state index in [1.54, 1.807) is 11.5 Å². The molecule has 0 radical (unpaired) electrons. The van der Waals surface area contributed by atoms with E-state index in [1.807, 2.05) is 91.9 Å². The van der Waals surface area contributed by atoms with Gasteiger partial charge in [0.25, 0.3) is 5.56 Å². The van der Waals surface area contributed by atoms with Crippen molar-refractivity contribution in [3.05, 3.63) is 115 Å². The highest BCUT2D eigenvalue weighted by Crippen LogP contribution is 2.47. The van der Waals surface area contributed by atoms with Crippen LogP contribution in [0.4, 0.5) is 0 Å². The molecule has 0 amide bonds. The third-order valence-corrected chi connectivity index (χ3v) is 7.73. The van der Waals surface area contributed by atoms with Gasteiger partial charge in [-0.15, -0.1) is 0 Å². The molecule has 0 N–H and O–H groups in total. The first-order valence-electron chi connectivity index (χ1n) is 11.8. The fraction of sp³-hybridized carbons (Fsp3) is 0.207. The number of carbonyl (C=O) groups is 1. The van der Waals surface area contributed by atoms with Gasteiger partial charge in [0.15, 0.2) is 4.80 Å². The second-order valence-corrected chi connectivity index (χ2v) is 10.3. The molecule has 0 saturated heterocycles. The Morgan fingerprint density at radius 2 is 1.81 bits per heavy atom. The first-order valence-corrected chi connectivity index (χ1v) is 12.6. The lowest BCUT2D eigenvalue weighted by atomic mass is 9.79. The molecule has 7 heteroatoms. The molecule has 3 heterocycles. The maximum atomic E-state index is 13.6. The molecule has 3 aromatic carbocycles. The number of carbonyl (C=O) groups excluding carboxylic acids is 1. The first kappa shape index (κ1) is 22.5. The van der Waals surface area contributed by atoms with Crippen molar-refractivity contribution in [3.63, 3.8) is 0 Å². The minimum Gasteiger partial charge on any atom is -0.489 e. The van der Waals surface area contributed by atoms with Gasteiger partial charge in [-0.25, -0.2) is 4.99 Å². The van der Waals surface area contributed by atoms with Crippen LogP contribution in [0.1, 0.15) is 36.6 Å². The molecule has 2 bridgehead atoms. The van der Waals surface area contributed by atoms with Crippen LogP contribution in [-0.2, 0) is 11.4 Å². The lowest BCUT2D eigenvalue weighted by Crippen LogP contribution is -2.58. The minimum atomic E-state index is -1.06. The molecule has 0 saturated carbocycles. The Labute approximate surface area is 211 Å². The zero-order valence-corrected chi connectivity index (χ0v) is 20.7. The molecule has 0 spiro atoms. The number of hydrogen-bond acceptors (Lipinski definition) is 6. The quantitative estimate of drug-likeness (QED) is 0.421. The van der Waals surface area contributed by atoms with Crippen LogP contribution in [0.2, 0.25) is 0 Å². The van der Waals surface area contributed by atoms with Crippen molar-refractivity contribution in [3.8, 4) is 11.5 Å². The first-order chi connectivity index (χ1) is 17.4. The van der Waals surface area contributed by atoms with E-state index >= 15 is 0 Å². The maximum Gasteiger partial charge on any atom is 0.270 e. The van der Waals surface area contributed by atoms with E-state index in [2.05, 4.69) is 0 Å². The van der Waals surface area contributed by atoms with Crippen LogP contribution in [0, 0.1) is 5.92 Å². The molecule has 6 nitrogen and oxygen atoms in total. The Bertz CT molecular complexity index is 1640. The second kappa shape index (κ2) is 8.60. The Hall–Kier alpha value is -3.97. The summed E-state index contributed by atoms with van der Waals surface area (Å²) in [6.07, 6.45) is 1.86. The summed E-state index contributed by atoms with van der Waals surface area (Å²) < 4.78 is 14.3. The molecule has 1 aromatic heterocycles. The van der Waals surface area contributed by atoms with Crippen molar-refractivity contribution in [1.29, 1.82) is 0 Å². The van der Waals surface area contributed by atoms with Gasteiger partial charge < -0.3 is 9.47 Å². The molecule has 4 aromatic rings. The van der Waals surface area contributed by atoms with E-state index in [-0.39, 0.29) is 11.3 Å². The summed E-state index contributed by atoms with van der Waals surface area (Å²) >= 11 is 1.32. The Kier molecular flexibility index (Phi) is 5.38. The highest BCUT2D eigenvalue weighted by Gasteiger charge is 2.53. The van der Waals surface area contributed by atoms with Crippen molar-refractivity contribution >= 4 is 23.2 Å². The lowest BCUT2D eigenvalue weighted by Gasteiger charge is -2.45. The number of fused-ring (bicyclic) bond motifs is 6. The molecule has 36 heavy (non-hydrogen) atoms. The highest BCUT2D eigenvalue weighted by molar-refractivity contribution is 7.07. The van der Waals surface area contributed by atoms with Crippen LogP contribution in [0.5, 0.6) is 11.5 Å². The third kappa shape index (κ3) is 3.76. The largest absolute Gasteiger partial charge is 0.489 e. The number of Topliss-reactive ketones (excluding diaryl/α,β-unsaturated/α-hetero) is 1. The maximum absolute atomic E-state index is 13.6. The van der Waals surface area contributed by atoms with E-state index in [1.165, 1.54) is 11.3 Å². The van der Waals surface area contributed by atoms with Crippen molar-refractivity contribution in [2.45, 2.75) is 32.2 Å². The van der Waals surface area contributed by atoms with Crippen LogP contribution >= 0.6 is 11.3 Å². The monoisotopic (exact) mass is 496 g/mol. The lowest BCUT2D eigenvalue weighted by molar-refractivity contribution is -0.132. The number of rotatable bonds is 5. The molecule has 0 aliphatic carbocycles. The molecular weight excluding hydrogens is 472 g/mol. The number of ketones is 1. The standard InChI is InChI=1S/C29H24N2O4S/c1-18(32)25-26-22-10-6-7-11-23(22)35-29(25,2)30-28-31(26)27(33)24(36-28)16-19-12-14-21(15-13-19)34-17-20-8-4-3-5-9-20/h3-16,25-26H,17H2,1-2H3/b24-16+/t25-,26+,29-/m0/s1. The number of para-hydroxylation sites is 1. The van der Waals surface area contributed by atoms with Gasteiger partial charge in [0, 0.05) is 5.56 Å². The summed E-state index contributed by atoms with van der Waals surface area (Å²) in [4.78, 5) is 31.7. The molecular formula is C29H24N2O4S. The minimum absolute atomic E-state index is 0.0545. The molecule has 180 valence electrons. The average molecular weight is 497 g/mol. The van der Waals surface area contributed by atoms with Gasteiger partial charge in [0.05, 0.1) is 10.6 Å². The number of benzene rings is 3. The van der Waals surface area contributed by atoms with Gasteiger partial charge in [0.2, 0.25) is 5.72 Å². The van der Waals surface area contributed by atoms with Crippen LogP contribution in [0.25, 0.3) is 6.08 Å². The smallest absolute Gasteiger partial charge is 0.270 e. The number of hydrogen-bond donors (Lipinski definition) is 0. The van der Waals surface area contributed by atoms with Gasteiger partial charge in [-0.1, -0.05) is 72.0 Å². The fourth-order valence-electron chi connectivity index (χ4n) is 5.11. The van der Waals surface area contributed by atoms with Crippen molar-refractivity contribution in [2.24, 2.45) is 10.9 Å². The van der Waals surface area contributed by atoms with Crippen LogP contribution in [-0.4, -0.2) is 16.1 Å². The number of ether oxygens (including phenoxy) is 2. The number of nitrogens with zero attached hydrogens (tertiary/aromatic N) is 2. The van der Waals surface area contributed by atoms with Gasteiger partial charge in [0.1, 0.15) is 29.8 Å². The SMILES string of the molecule is CC(=O)[C@H]1[C@H]2c3ccccc3O[C@]1(C)N=c1s/c(=C/c3ccc(OCc4ccccc4)cc3)c(=O)n12. The predicted octanol–water partition coefficient (Wildman–Crippen LogP) is 3.85. The summed E-state index contributed by atoms with van der Waals surface area (Å²) in [5, 5.41) is 0. The highest BCUT2D eigenvalue weighted by atomic mass is 32.1. The number of aromatic nitrogens is 1. The van der Waals surface area contributed by atoms with Crippen LogP contribution < -0.4 is 24.4 Å². The summed E-state index contributed by atoms with van der Waals surface area (Å²) in [5.74, 6) is 0.779. The van der Waals surface area contributed by atoms with Crippen molar-refractivity contribution in [2.75, 3.05) is 0 Å². The Morgan fingerprint density at radius 1 is 1.08 bits per heavy atom. The Morgan fingerprint density at radius 3 is 2.56 bits per heavy atom. The van der Waals surface area contributed by atoms with E-state index in [4.69, 9.17) is 14.5 Å². The van der Waals surface area contributed by atoms with Crippen molar-refractivity contribution in [1.82, 2.24) is 4.57 Å². The Balaban J connectivity index is 1.38. The van der Waals surface area contributed by atoms with Crippen LogP contribution in [0.15, 0.2) is 88.6 Å².